The first-order valence-corrected chi connectivity index (χ1v) is 10.4. The van der Waals surface area contributed by atoms with Crippen molar-refractivity contribution in [3.8, 4) is 0 Å². The van der Waals surface area contributed by atoms with Crippen molar-refractivity contribution in [3.63, 3.8) is 0 Å². The molecule has 3 nitrogen and oxygen atoms in total. The lowest BCUT2D eigenvalue weighted by Gasteiger charge is -2.36. The second-order valence-corrected chi connectivity index (χ2v) is 12.9. The highest BCUT2D eigenvalue weighted by Crippen LogP contribution is 2.36. The third-order valence-corrected chi connectivity index (χ3v) is 8.55. The van der Waals surface area contributed by atoms with Crippen LogP contribution < -0.4 is 0 Å². The molecule has 0 aliphatic heterocycles. The molecule has 0 bridgehead atoms. The Hall–Kier alpha value is 0.127. The van der Waals surface area contributed by atoms with E-state index in [1.165, 1.54) is 6.26 Å². The van der Waals surface area contributed by atoms with Crippen LogP contribution in [0.2, 0.25) is 18.1 Å². The Labute approximate surface area is 95.7 Å². The molecule has 0 rings (SSSR count). The Kier molecular flexibility index (Phi) is 5.01. The number of hydrogen-bond donors (Lipinski definition) is 1. The van der Waals surface area contributed by atoms with Gasteiger partial charge in [-0.2, -0.15) is 0 Å². The molecule has 0 aliphatic rings. The fourth-order valence-corrected chi connectivity index (χ4v) is 2.63. The van der Waals surface area contributed by atoms with Gasteiger partial charge in [0, 0.05) is 28.3 Å². The Morgan fingerprint density at radius 2 is 1.80 bits per heavy atom. The van der Waals surface area contributed by atoms with Crippen molar-refractivity contribution >= 4 is 18.0 Å². The second-order valence-electron chi connectivity index (χ2n) is 5.67. The number of rotatable bonds is 5. The molecule has 92 valence electrons. The Bertz CT molecular complexity index is 291. The van der Waals surface area contributed by atoms with Gasteiger partial charge in [-0.15, -0.1) is 0 Å². The van der Waals surface area contributed by atoms with E-state index in [-0.39, 0.29) is 5.04 Å². The summed E-state index contributed by atoms with van der Waals surface area (Å²) in [6.45, 7) is 11.7. The van der Waals surface area contributed by atoms with Crippen molar-refractivity contribution in [1.29, 1.82) is 4.78 Å². The van der Waals surface area contributed by atoms with Gasteiger partial charge in [0.2, 0.25) is 0 Å². The smallest absolute Gasteiger partial charge is 0.191 e. The van der Waals surface area contributed by atoms with Crippen molar-refractivity contribution in [3.05, 3.63) is 0 Å². The lowest BCUT2D eigenvalue weighted by atomic mass is 10.2. The first-order chi connectivity index (χ1) is 6.46. The highest BCUT2D eigenvalue weighted by atomic mass is 32.2. The van der Waals surface area contributed by atoms with Crippen LogP contribution in [0, 0.1) is 4.78 Å². The predicted molar refractivity (Wildman–Crippen MR) is 69.4 cm³/mol. The molecule has 0 aromatic rings. The summed E-state index contributed by atoms with van der Waals surface area (Å²) in [4.78, 5) is 0. The van der Waals surface area contributed by atoms with E-state index in [1.807, 2.05) is 0 Å². The number of nitrogens with one attached hydrogen (secondary N) is 1. The summed E-state index contributed by atoms with van der Waals surface area (Å²) in [5, 5.41) is 0.224. The van der Waals surface area contributed by atoms with Gasteiger partial charge < -0.3 is 4.43 Å². The minimum atomic E-state index is -2.34. The Balaban J connectivity index is 3.98. The Morgan fingerprint density at radius 1 is 1.33 bits per heavy atom. The minimum absolute atomic E-state index is 0.224. The summed E-state index contributed by atoms with van der Waals surface area (Å²) in [5.74, 6) is 0.446. The van der Waals surface area contributed by atoms with Crippen molar-refractivity contribution in [2.75, 3.05) is 18.6 Å². The van der Waals surface area contributed by atoms with Gasteiger partial charge in [-0.25, -0.2) is 0 Å². The van der Waals surface area contributed by atoms with Crippen molar-refractivity contribution in [2.24, 2.45) is 0 Å². The molecule has 0 aromatic heterocycles. The van der Waals surface area contributed by atoms with Crippen LogP contribution in [0.4, 0.5) is 0 Å². The highest BCUT2D eigenvalue weighted by Gasteiger charge is 2.36. The topological polar surface area (TPSA) is 50.1 Å². The lowest BCUT2D eigenvalue weighted by molar-refractivity contribution is 0.288. The van der Waals surface area contributed by atoms with Crippen LogP contribution >= 0.6 is 0 Å². The zero-order valence-electron chi connectivity index (χ0n) is 10.8. The third kappa shape index (κ3) is 6.32. The van der Waals surface area contributed by atoms with Gasteiger partial charge in [0.25, 0.3) is 0 Å². The van der Waals surface area contributed by atoms with Gasteiger partial charge in [-0.1, -0.05) is 20.8 Å². The maximum atomic E-state index is 11.1. The summed E-state index contributed by atoms with van der Waals surface area (Å²) >= 11 is 0. The summed E-state index contributed by atoms with van der Waals surface area (Å²) in [6, 6.07) is 0. The van der Waals surface area contributed by atoms with Crippen molar-refractivity contribution in [1.82, 2.24) is 0 Å². The molecule has 0 radical (unpaired) electrons. The average molecular weight is 251 g/mol. The summed E-state index contributed by atoms with van der Waals surface area (Å²) < 4.78 is 24.3. The van der Waals surface area contributed by atoms with E-state index in [1.54, 1.807) is 0 Å². The molecule has 0 aliphatic carbocycles. The minimum Gasteiger partial charge on any atom is -0.417 e. The molecule has 0 spiro atoms. The third-order valence-electron chi connectivity index (χ3n) is 2.95. The molecule has 1 atom stereocenters. The molecule has 0 fully saturated rings. The van der Waals surface area contributed by atoms with E-state index in [0.29, 0.717) is 12.4 Å². The van der Waals surface area contributed by atoms with Gasteiger partial charge in [0.05, 0.1) is 0 Å². The van der Waals surface area contributed by atoms with E-state index < -0.39 is 18.0 Å². The van der Waals surface area contributed by atoms with E-state index in [0.717, 1.165) is 6.42 Å². The molecule has 0 aromatic carbocycles. The molecule has 1 unspecified atom stereocenters. The fraction of sp³-hybridized carbons (Fsp3) is 1.00. The average Bonchev–Trinajstić information content (AvgIpc) is 1.94. The van der Waals surface area contributed by atoms with Crippen LogP contribution in [0.3, 0.4) is 0 Å². The summed E-state index contributed by atoms with van der Waals surface area (Å²) in [7, 11) is -4.00. The van der Waals surface area contributed by atoms with Crippen molar-refractivity contribution < 1.29 is 8.63 Å². The monoisotopic (exact) mass is 251 g/mol. The maximum absolute atomic E-state index is 11.1. The largest absolute Gasteiger partial charge is 0.417 e. The molecule has 15 heavy (non-hydrogen) atoms. The highest BCUT2D eigenvalue weighted by molar-refractivity contribution is 7.91. The van der Waals surface area contributed by atoms with E-state index >= 15 is 0 Å². The Morgan fingerprint density at radius 3 is 2.13 bits per heavy atom. The first kappa shape index (κ1) is 15.1. The van der Waals surface area contributed by atoms with Crippen LogP contribution in [0.5, 0.6) is 0 Å². The van der Waals surface area contributed by atoms with E-state index in [9.17, 15) is 4.21 Å². The maximum Gasteiger partial charge on any atom is 0.191 e. The van der Waals surface area contributed by atoms with Crippen LogP contribution in [0.1, 0.15) is 27.2 Å². The number of hydrogen-bond acceptors (Lipinski definition) is 3. The van der Waals surface area contributed by atoms with Crippen LogP contribution in [0.15, 0.2) is 0 Å². The van der Waals surface area contributed by atoms with Crippen molar-refractivity contribution in [2.45, 2.75) is 45.3 Å². The molecule has 1 N–H and O–H groups in total. The quantitative estimate of drug-likeness (QED) is 0.603. The van der Waals surface area contributed by atoms with Crippen LogP contribution in [-0.4, -0.2) is 31.1 Å². The van der Waals surface area contributed by atoms with E-state index in [2.05, 4.69) is 33.9 Å². The van der Waals surface area contributed by atoms with Gasteiger partial charge in [0.1, 0.15) is 0 Å². The van der Waals surface area contributed by atoms with E-state index in [4.69, 9.17) is 9.21 Å². The molecular formula is C10H25NO2SSi. The second kappa shape index (κ2) is 4.97. The molecule has 0 saturated heterocycles. The standard InChI is InChI=1S/C10H25NO2SSi/c1-10(2,3)15(5,6)13-8-7-9-14(4,11)12/h11H,7-9H2,1-6H3. The normalized spacial score (nSPS) is 17.5. The molecule has 0 saturated carbocycles. The van der Waals surface area contributed by atoms with Gasteiger partial charge in [0.15, 0.2) is 8.32 Å². The zero-order valence-corrected chi connectivity index (χ0v) is 12.7. The van der Waals surface area contributed by atoms with Gasteiger partial charge in [-0.3, -0.25) is 8.99 Å². The summed E-state index contributed by atoms with van der Waals surface area (Å²) in [5.41, 5.74) is 0. The molecular weight excluding hydrogens is 226 g/mol. The zero-order chi connectivity index (χ0) is 12.3. The first-order valence-electron chi connectivity index (χ1n) is 5.31. The SMILES string of the molecule is CC(C)(C)[Si](C)(C)OCCCS(C)(=N)=O. The predicted octanol–water partition coefficient (Wildman–Crippen LogP) is 3.07. The molecule has 0 heterocycles. The molecule has 0 amide bonds. The summed E-state index contributed by atoms with van der Waals surface area (Å²) in [6.07, 6.45) is 2.21. The molecule has 5 heteroatoms. The van der Waals surface area contributed by atoms with Gasteiger partial charge >= 0.3 is 0 Å². The van der Waals surface area contributed by atoms with Crippen LogP contribution in [0.25, 0.3) is 0 Å². The fourth-order valence-electron chi connectivity index (χ4n) is 0.878. The van der Waals surface area contributed by atoms with Crippen LogP contribution in [-0.2, 0) is 14.2 Å². The van der Waals surface area contributed by atoms with Gasteiger partial charge in [-0.05, 0) is 24.6 Å². The lowest BCUT2D eigenvalue weighted by Crippen LogP contribution is -2.41.